The largest absolute Gasteiger partial charge is 0.707 e. The highest BCUT2D eigenvalue weighted by atomic mass is 16.6. The Bertz CT molecular complexity index is 160. The smallest absolute Gasteiger partial charge is 0.516 e. The Morgan fingerprint density at radius 1 is 1.64 bits per heavy atom. The molecule has 0 fully saturated rings. The molecule has 0 aromatic rings. The van der Waals surface area contributed by atoms with Crippen molar-refractivity contribution in [1.29, 1.82) is 0 Å². The summed E-state index contributed by atoms with van der Waals surface area (Å²) in [5.41, 5.74) is 0. The van der Waals surface area contributed by atoms with Crippen molar-refractivity contribution in [2.24, 2.45) is 0 Å². The summed E-state index contributed by atoms with van der Waals surface area (Å²) < 4.78 is 4.68. The third-order valence-electron chi connectivity index (χ3n) is 1.63. The highest BCUT2D eigenvalue weighted by Gasteiger charge is 2.15. The second-order valence-electron chi connectivity index (χ2n) is 2.63. The average Bonchev–Trinajstić information content (AvgIpc) is 1.93. The zero-order valence-corrected chi connectivity index (χ0v) is 6.53. The third-order valence-corrected chi connectivity index (χ3v) is 1.63. The van der Waals surface area contributed by atoms with Crippen LogP contribution in [0, 0.1) is 0 Å². The quantitative estimate of drug-likeness (QED) is 0.515. The van der Waals surface area contributed by atoms with Gasteiger partial charge in [0.15, 0.2) is 0 Å². The van der Waals surface area contributed by atoms with Crippen molar-refractivity contribution in [3.63, 3.8) is 0 Å². The first-order valence-corrected chi connectivity index (χ1v) is 3.59. The summed E-state index contributed by atoms with van der Waals surface area (Å²) in [7, 11) is 0.326. The minimum Gasteiger partial charge on any atom is -0.516 e. The van der Waals surface area contributed by atoms with Crippen molar-refractivity contribution in [2.75, 3.05) is 20.1 Å². The normalized spacial score (nSPS) is 19.4. The first kappa shape index (κ1) is 8.58. The van der Waals surface area contributed by atoms with E-state index < -0.39 is 7.32 Å². The molecule has 1 heterocycles. The Balaban J connectivity index is 2.35. The van der Waals surface area contributed by atoms with E-state index in [1.54, 1.807) is 0 Å². The van der Waals surface area contributed by atoms with Gasteiger partial charge in [0.05, 0.1) is 5.76 Å². The van der Waals surface area contributed by atoms with Gasteiger partial charge in [-0.3, -0.25) is 0 Å². The van der Waals surface area contributed by atoms with Crippen molar-refractivity contribution >= 4 is 7.32 Å². The van der Waals surface area contributed by atoms with Gasteiger partial charge in [-0.15, -0.1) is 0 Å². The lowest BCUT2D eigenvalue weighted by atomic mass is 10.2. The molecule has 4 nitrogen and oxygen atoms in total. The van der Waals surface area contributed by atoms with Crippen LogP contribution in [0.5, 0.6) is 0 Å². The van der Waals surface area contributed by atoms with E-state index >= 15 is 0 Å². The summed E-state index contributed by atoms with van der Waals surface area (Å²) in [4.78, 5) is 2.12. The topological polar surface area (TPSA) is 52.9 Å². The first-order valence-electron chi connectivity index (χ1n) is 3.59. The highest BCUT2D eigenvalue weighted by Crippen LogP contribution is 2.09. The molecule has 0 aromatic heterocycles. The van der Waals surface area contributed by atoms with E-state index in [9.17, 15) is 0 Å². The summed E-state index contributed by atoms with van der Waals surface area (Å²) in [6.45, 7) is 1.71. The van der Waals surface area contributed by atoms with Gasteiger partial charge in [-0.1, -0.05) is 0 Å². The molecule has 1 aliphatic heterocycles. The van der Waals surface area contributed by atoms with E-state index in [0.29, 0.717) is 5.76 Å². The second-order valence-corrected chi connectivity index (χ2v) is 2.63. The van der Waals surface area contributed by atoms with Gasteiger partial charge in [-0.25, -0.2) is 0 Å². The number of hydrogen-bond donors (Lipinski definition) is 2. The molecular weight excluding hydrogens is 145 g/mol. The van der Waals surface area contributed by atoms with Gasteiger partial charge in [-0.2, -0.15) is 0 Å². The zero-order valence-electron chi connectivity index (χ0n) is 6.53. The van der Waals surface area contributed by atoms with Crippen LogP contribution in [-0.4, -0.2) is 42.4 Å². The molecule has 0 saturated heterocycles. The standard InChI is InChI=1S/C6H12BNO3/c1-8-4-2-6(3-5-8)11-7(9)10/h2,9-10H,3-5H2,1H3. The molecule has 1 rings (SSSR count). The van der Waals surface area contributed by atoms with E-state index in [1.165, 1.54) is 0 Å². The minimum atomic E-state index is -1.68. The van der Waals surface area contributed by atoms with Gasteiger partial charge >= 0.3 is 7.32 Å². The van der Waals surface area contributed by atoms with Gasteiger partial charge in [0, 0.05) is 19.5 Å². The summed E-state index contributed by atoms with van der Waals surface area (Å²) in [6.07, 6.45) is 2.59. The van der Waals surface area contributed by atoms with Crippen LogP contribution in [0.25, 0.3) is 0 Å². The van der Waals surface area contributed by atoms with E-state index in [0.717, 1.165) is 19.5 Å². The van der Waals surface area contributed by atoms with Crippen LogP contribution in [0.15, 0.2) is 11.8 Å². The summed E-state index contributed by atoms with van der Waals surface area (Å²) >= 11 is 0. The minimum absolute atomic E-state index is 0.665. The van der Waals surface area contributed by atoms with E-state index in [-0.39, 0.29) is 0 Å². The molecule has 11 heavy (non-hydrogen) atoms. The van der Waals surface area contributed by atoms with Crippen LogP contribution in [-0.2, 0) is 4.65 Å². The van der Waals surface area contributed by atoms with Crippen molar-refractivity contribution in [2.45, 2.75) is 6.42 Å². The van der Waals surface area contributed by atoms with Crippen molar-refractivity contribution in [1.82, 2.24) is 4.90 Å². The Hall–Kier alpha value is -0.515. The Labute approximate surface area is 66.3 Å². The molecule has 1 aliphatic rings. The van der Waals surface area contributed by atoms with E-state index in [2.05, 4.69) is 9.55 Å². The van der Waals surface area contributed by atoms with Crippen molar-refractivity contribution < 1.29 is 14.7 Å². The van der Waals surface area contributed by atoms with Gasteiger partial charge in [-0.05, 0) is 13.1 Å². The molecule has 62 valence electrons. The number of nitrogens with zero attached hydrogens (tertiary/aromatic N) is 1. The van der Waals surface area contributed by atoms with E-state index in [1.807, 2.05) is 13.1 Å². The van der Waals surface area contributed by atoms with Crippen molar-refractivity contribution in [3.05, 3.63) is 11.8 Å². The molecule has 0 aliphatic carbocycles. The van der Waals surface area contributed by atoms with Crippen molar-refractivity contribution in [3.8, 4) is 0 Å². The molecule has 0 amide bonds. The van der Waals surface area contributed by atoms with Crippen LogP contribution >= 0.6 is 0 Å². The van der Waals surface area contributed by atoms with Gasteiger partial charge in [0.25, 0.3) is 0 Å². The molecule has 0 radical (unpaired) electrons. The maximum atomic E-state index is 8.45. The van der Waals surface area contributed by atoms with Gasteiger partial charge < -0.3 is 19.6 Å². The monoisotopic (exact) mass is 157 g/mol. The Kier molecular flexibility index (Phi) is 2.93. The fourth-order valence-corrected chi connectivity index (χ4v) is 0.994. The lowest BCUT2D eigenvalue weighted by Crippen LogP contribution is -2.27. The molecular formula is C6H12BNO3. The molecule has 2 N–H and O–H groups in total. The van der Waals surface area contributed by atoms with Gasteiger partial charge in [0.2, 0.25) is 0 Å². The molecule has 5 heteroatoms. The molecule has 0 bridgehead atoms. The van der Waals surface area contributed by atoms with Crippen LogP contribution in [0.3, 0.4) is 0 Å². The maximum Gasteiger partial charge on any atom is 0.707 e. The maximum absolute atomic E-state index is 8.45. The van der Waals surface area contributed by atoms with Crippen LogP contribution in [0.2, 0.25) is 0 Å². The van der Waals surface area contributed by atoms with Gasteiger partial charge in [0.1, 0.15) is 0 Å². The molecule has 0 unspecified atom stereocenters. The summed E-state index contributed by atoms with van der Waals surface area (Å²) in [5, 5.41) is 16.9. The summed E-state index contributed by atoms with van der Waals surface area (Å²) in [6, 6.07) is 0. The van der Waals surface area contributed by atoms with Crippen LogP contribution in [0.4, 0.5) is 0 Å². The fraction of sp³-hybridized carbons (Fsp3) is 0.667. The number of likely N-dealkylation sites (N-methyl/N-ethyl adjacent to an activating group) is 1. The fourth-order valence-electron chi connectivity index (χ4n) is 0.994. The second kappa shape index (κ2) is 3.76. The molecule has 0 spiro atoms. The summed E-state index contributed by atoms with van der Waals surface area (Å²) in [5.74, 6) is 0.665. The number of hydrogen-bond acceptors (Lipinski definition) is 4. The third kappa shape index (κ3) is 2.92. The van der Waals surface area contributed by atoms with Crippen LogP contribution in [0.1, 0.15) is 6.42 Å². The van der Waals surface area contributed by atoms with Crippen LogP contribution < -0.4 is 0 Å². The Morgan fingerprint density at radius 3 is 2.82 bits per heavy atom. The first-order chi connectivity index (χ1) is 5.18. The van der Waals surface area contributed by atoms with E-state index in [4.69, 9.17) is 10.0 Å². The molecule has 0 aromatic carbocycles. The Morgan fingerprint density at radius 2 is 2.36 bits per heavy atom. The highest BCUT2D eigenvalue weighted by molar-refractivity contribution is 6.33. The zero-order chi connectivity index (χ0) is 8.27. The lowest BCUT2D eigenvalue weighted by molar-refractivity contribution is 0.213. The molecule has 0 saturated carbocycles. The average molecular weight is 157 g/mol. The SMILES string of the molecule is CN1CC=C(OB(O)O)CC1. The number of rotatable bonds is 2. The molecule has 0 atom stereocenters. The lowest BCUT2D eigenvalue weighted by Gasteiger charge is -2.21. The predicted octanol–water partition coefficient (Wildman–Crippen LogP) is -0.808. The predicted molar refractivity (Wildman–Crippen MR) is 41.5 cm³/mol.